The first-order valence-corrected chi connectivity index (χ1v) is 8.92. The van der Waals surface area contributed by atoms with Crippen molar-refractivity contribution in [3.8, 4) is 0 Å². The van der Waals surface area contributed by atoms with Crippen molar-refractivity contribution < 1.29 is 14.3 Å². The molecule has 0 radical (unpaired) electrons. The van der Waals surface area contributed by atoms with Gasteiger partial charge in [0.2, 0.25) is 0 Å². The summed E-state index contributed by atoms with van der Waals surface area (Å²) in [4.78, 5) is 35.1. The number of hydrogen-bond acceptors (Lipinski definition) is 6. The van der Waals surface area contributed by atoms with Crippen molar-refractivity contribution in [2.24, 2.45) is 0 Å². The number of amides is 1. The van der Waals surface area contributed by atoms with E-state index in [0.717, 1.165) is 0 Å². The van der Waals surface area contributed by atoms with Crippen LogP contribution in [-0.2, 0) is 11.3 Å². The molecule has 1 aliphatic rings. The van der Waals surface area contributed by atoms with Gasteiger partial charge < -0.3 is 14.2 Å². The van der Waals surface area contributed by atoms with Gasteiger partial charge in [-0.25, -0.2) is 19.3 Å². The Balaban J connectivity index is 1.61. The van der Waals surface area contributed by atoms with Gasteiger partial charge in [0, 0.05) is 31.5 Å². The van der Waals surface area contributed by atoms with E-state index in [1.807, 2.05) is 11.5 Å². The molecule has 0 spiro atoms. The summed E-state index contributed by atoms with van der Waals surface area (Å²) in [6, 6.07) is 1.31. The Labute approximate surface area is 159 Å². The van der Waals surface area contributed by atoms with E-state index in [-0.39, 0.29) is 29.9 Å². The van der Waals surface area contributed by atoms with Gasteiger partial charge in [0.05, 0.1) is 23.9 Å². The molecule has 0 fully saturated rings. The lowest BCUT2D eigenvalue weighted by Crippen LogP contribution is -2.41. The molecular formula is C17H17ClN6O3. The molecule has 10 heteroatoms. The van der Waals surface area contributed by atoms with Crippen LogP contribution in [-0.4, -0.2) is 54.1 Å². The van der Waals surface area contributed by atoms with Gasteiger partial charge in [0.25, 0.3) is 5.91 Å². The molecule has 0 bridgehead atoms. The first-order chi connectivity index (χ1) is 13.0. The van der Waals surface area contributed by atoms with Crippen LogP contribution in [0.4, 0.5) is 0 Å². The van der Waals surface area contributed by atoms with Gasteiger partial charge in [0.1, 0.15) is 5.82 Å². The fraction of sp³-hybridized carbons (Fsp3) is 0.353. The molecule has 3 aromatic rings. The fourth-order valence-electron chi connectivity index (χ4n) is 3.18. The number of imidazole rings is 1. The highest BCUT2D eigenvalue weighted by atomic mass is 35.5. The normalized spacial score (nSPS) is 16.4. The monoisotopic (exact) mass is 388 g/mol. The summed E-state index contributed by atoms with van der Waals surface area (Å²) in [6.45, 7) is 4.92. The zero-order chi connectivity index (χ0) is 19.1. The van der Waals surface area contributed by atoms with Crippen molar-refractivity contribution in [2.75, 3.05) is 13.2 Å². The minimum Gasteiger partial charge on any atom is -0.461 e. The molecule has 140 valence electrons. The molecule has 1 unspecified atom stereocenters. The molecule has 0 N–H and O–H groups in total. The van der Waals surface area contributed by atoms with Crippen molar-refractivity contribution in [1.82, 2.24) is 29.0 Å². The van der Waals surface area contributed by atoms with Gasteiger partial charge in [0.15, 0.2) is 17.0 Å². The topological polar surface area (TPSA) is 94.6 Å². The molecule has 0 aromatic carbocycles. The highest BCUT2D eigenvalue weighted by Gasteiger charge is 2.32. The number of fused-ring (bicyclic) bond motifs is 2. The minimum atomic E-state index is -0.465. The van der Waals surface area contributed by atoms with Crippen molar-refractivity contribution in [2.45, 2.75) is 26.4 Å². The lowest BCUT2D eigenvalue weighted by atomic mass is 10.2. The van der Waals surface area contributed by atoms with Crippen molar-refractivity contribution in [3.63, 3.8) is 0 Å². The van der Waals surface area contributed by atoms with E-state index in [9.17, 15) is 9.59 Å². The van der Waals surface area contributed by atoms with Gasteiger partial charge in [-0.05, 0) is 13.8 Å². The highest BCUT2D eigenvalue weighted by Crippen LogP contribution is 2.26. The average Bonchev–Trinajstić information content (AvgIpc) is 3.26. The van der Waals surface area contributed by atoms with E-state index >= 15 is 0 Å². The maximum Gasteiger partial charge on any atom is 0.358 e. The smallest absolute Gasteiger partial charge is 0.358 e. The number of esters is 1. The second kappa shape index (κ2) is 6.66. The number of rotatable bonds is 3. The maximum atomic E-state index is 13.0. The van der Waals surface area contributed by atoms with Gasteiger partial charge in [-0.1, -0.05) is 11.6 Å². The van der Waals surface area contributed by atoms with Crippen LogP contribution in [0.25, 0.3) is 5.65 Å². The molecule has 1 atom stereocenters. The third-order valence-electron chi connectivity index (χ3n) is 4.48. The lowest BCUT2D eigenvalue weighted by molar-refractivity contribution is 0.0519. The molecule has 0 aliphatic carbocycles. The summed E-state index contributed by atoms with van der Waals surface area (Å²) < 4.78 is 8.36. The summed E-state index contributed by atoms with van der Waals surface area (Å²) in [5.74, 6) is -0.0496. The second-order valence-corrected chi connectivity index (χ2v) is 6.61. The first-order valence-electron chi connectivity index (χ1n) is 8.54. The summed E-state index contributed by atoms with van der Waals surface area (Å²) in [6.07, 6.45) is 4.77. The zero-order valence-electron chi connectivity index (χ0n) is 14.8. The summed E-state index contributed by atoms with van der Waals surface area (Å²) in [5, 5.41) is 4.71. The molecule has 9 nitrogen and oxygen atoms in total. The average molecular weight is 389 g/mol. The number of carbonyl (C=O) groups is 2. The Morgan fingerprint density at radius 3 is 2.89 bits per heavy atom. The molecule has 3 aromatic heterocycles. The number of hydrogen-bond donors (Lipinski definition) is 0. The van der Waals surface area contributed by atoms with Gasteiger partial charge >= 0.3 is 5.97 Å². The van der Waals surface area contributed by atoms with Crippen LogP contribution < -0.4 is 0 Å². The number of carbonyl (C=O) groups excluding carboxylic acids is 2. The third kappa shape index (κ3) is 3.03. The van der Waals surface area contributed by atoms with E-state index in [0.29, 0.717) is 29.6 Å². The first kappa shape index (κ1) is 17.5. The number of nitrogens with zero attached hydrogens (tertiary/aromatic N) is 6. The summed E-state index contributed by atoms with van der Waals surface area (Å²) in [7, 11) is 0. The van der Waals surface area contributed by atoms with E-state index in [2.05, 4.69) is 15.1 Å². The predicted octanol–water partition coefficient (Wildman–Crippen LogP) is 1.97. The Bertz CT molecular complexity index is 1040. The largest absolute Gasteiger partial charge is 0.461 e. The van der Waals surface area contributed by atoms with Crippen LogP contribution in [0.2, 0.25) is 5.02 Å². The Kier molecular flexibility index (Phi) is 4.31. The number of aromatic nitrogens is 5. The molecule has 0 saturated carbocycles. The van der Waals surface area contributed by atoms with Gasteiger partial charge in [-0.3, -0.25) is 4.79 Å². The van der Waals surface area contributed by atoms with E-state index in [4.69, 9.17) is 16.3 Å². The molecule has 1 aliphatic heterocycles. The SMILES string of the molecule is CCOC(=O)c1cn2c(n1)C(C)N(C(=O)c1cc3ncc(Cl)cn3n1)CC2. The Morgan fingerprint density at radius 1 is 1.30 bits per heavy atom. The van der Waals surface area contributed by atoms with Gasteiger partial charge in [-0.2, -0.15) is 5.10 Å². The van der Waals surface area contributed by atoms with Crippen LogP contribution in [0.3, 0.4) is 0 Å². The number of ether oxygens (including phenoxy) is 1. The maximum absolute atomic E-state index is 13.0. The molecule has 0 saturated heterocycles. The summed E-state index contributed by atoms with van der Waals surface area (Å²) in [5.41, 5.74) is 1.07. The van der Waals surface area contributed by atoms with Crippen LogP contribution in [0, 0.1) is 0 Å². The predicted molar refractivity (Wildman–Crippen MR) is 95.6 cm³/mol. The van der Waals surface area contributed by atoms with E-state index in [1.54, 1.807) is 30.3 Å². The molecule has 1 amide bonds. The Hall–Kier alpha value is -2.94. The van der Waals surface area contributed by atoms with Crippen LogP contribution in [0.1, 0.15) is 46.7 Å². The summed E-state index contributed by atoms with van der Waals surface area (Å²) >= 11 is 5.92. The van der Waals surface area contributed by atoms with Crippen molar-refractivity contribution >= 4 is 29.1 Å². The fourth-order valence-corrected chi connectivity index (χ4v) is 3.32. The van der Waals surface area contributed by atoms with E-state index in [1.165, 1.54) is 10.7 Å². The number of halogens is 1. The van der Waals surface area contributed by atoms with Crippen molar-refractivity contribution in [1.29, 1.82) is 0 Å². The minimum absolute atomic E-state index is 0.226. The second-order valence-electron chi connectivity index (χ2n) is 6.18. The molecule has 4 rings (SSSR count). The van der Waals surface area contributed by atoms with Crippen molar-refractivity contribution in [3.05, 3.63) is 46.9 Å². The lowest BCUT2D eigenvalue weighted by Gasteiger charge is -2.33. The zero-order valence-corrected chi connectivity index (χ0v) is 15.5. The highest BCUT2D eigenvalue weighted by molar-refractivity contribution is 6.30. The van der Waals surface area contributed by atoms with Crippen LogP contribution >= 0.6 is 11.6 Å². The molecular weight excluding hydrogens is 372 g/mol. The third-order valence-corrected chi connectivity index (χ3v) is 4.67. The van der Waals surface area contributed by atoms with Crippen LogP contribution in [0.5, 0.6) is 0 Å². The van der Waals surface area contributed by atoms with Gasteiger partial charge in [-0.15, -0.1) is 0 Å². The molecule has 27 heavy (non-hydrogen) atoms. The Morgan fingerprint density at radius 2 is 2.11 bits per heavy atom. The quantitative estimate of drug-likeness (QED) is 0.637. The molecule has 4 heterocycles. The standard InChI is InChI=1S/C17H17ClN6O3/c1-3-27-17(26)13-9-22-4-5-23(10(2)15(22)20-13)16(25)12-6-14-19-7-11(18)8-24(14)21-12/h6-10H,3-5H2,1-2H3. The van der Waals surface area contributed by atoms with Crippen LogP contribution in [0.15, 0.2) is 24.7 Å². The van der Waals surface area contributed by atoms with E-state index < -0.39 is 5.97 Å².